The van der Waals surface area contributed by atoms with E-state index in [2.05, 4.69) is 0 Å². The predicted molar refractivity (Wildman–Crippen MR) is 112 cm³/mol. The minimum atomic E-state index is -4.42. The molecule has 0 aliphatic carbocycles. The number of ether oxygens (including phenoxy) is 3. The fourth-order valence-electron chi connectivity index (χ4n) is 2.79. The lowest BCUT2D eigenvalue weighted by atomic mass is 10.1. The summed E-state index contributed by atoms with van der Waals surface area (Å²) in [6.45, 7) is 5.65. The summed E-state index contributed by atoms with van der Waals surface area (Å²) in [6, 6.07) is 9.48. The number of hydrogen-bond acceptors (Lipinski definition) is 5. The number of hydrogen-bond donors (Lipinski definition) is 0. The van der Waals surface area contributed by atoms with Crippen LogP contribution in [0.2, 0.25) is 0 Å². The van der Waals surface area contributed by atoms with Crippen LogP contribution in [0.3, 0.4) is 0 Å². The highest BCUT2D eigenvalue weighted by Gasteiger charge is 2.30. The van der Waals surface area contributed by atoms with Crippen molar-refractivity contribution in [1.29, 1.82) is 0 Å². The SMILES string of the molecule is CCOc1cccc(OCC(=O)N(CC)Cc2ccc(C(F)(F)F)cc2)c1OC(=O)CC. The van der Waals surface area contributed by atoms with Crippen molar-refractivity contribution in [2.24, 2.45) is 0 Å². The van der Waals surface area contributed by atoms with E-state index < -0.39 is 17.7 Å². The van der Waals surface area contributed by atoms with Crippen molar-refractivity contribution in [2.75, 3.05) is 19.8 Å². The highest BCUT2D eigenvalue weighted by atomic mass is 19.4. The molecule has 1 amide bonds. The second kappa shape index (κ2) is 11.4. The van der Waals surface area contributed by atoms with Crippen molar-refractivity contribution in [2.45, 2.75) is 39.9 Å². The highest BCUT2D eigenvalue weighted by Crippen LogP contribution is 2.37. The number of alkyl halides is 3. The summed E-state index contributed by atoms with van der Waals surface area (Å²) in [6.07, 6.45) is -4.27. The average molecular weight is 453 g/mol. The molecular weight excluding hydrogens is 427 g/mol. The Labute approximate surface area is 184 Å². The average Bonchev–Trinajstić information content (AvgIpc) is 2.77. The Bertz CT molecular complexity index is 913. The number of halogens is 3. The van der Waals surface area contributed by atoms with Crippen molar-refractivity contribution in [3.8, 4) is 17.2 Å². The number of amides is 1. The molecule has 0 spiro atoms. The molecule has 0 saturated carbocycles. The van der Waals surface area contributed by atoms with Crippen molar-refractivity contribution in [3.63, 3.8) is 0 Å². The molecule has 0 N–H and O–H groups in total. The van der Waals surface area contributed by atoms with Crippen LogP contribution in [0.4, 0.5) is 13.2 Å². The van der Waals surface area contributed by atoms with E-state index in [1.165, 1.54) is 17.0 Å². The molecule has 174 valence electrons. The van der Waals surface area contributed by atoms with Gasteiger partial charge in [0.1, 0.15) is 0 Å². The lowest BCUT2D eigenvalue weighted by molar-refractivity contribution is -0.138. The van der Waals surface area contributed by atoms with E-state index >= 15 is 0 Å². The molecule has 0 aliphatic rings. The van der Waals surface area contributed by atoms with Gasteiger partial charge in [-0.05, 0) is 43.7 Å². The zero-order valence-electron chi connectivity index (χ0n) is 18.2. The van der Waals surface area contributed by atoms with Crippen molar-refractivity contribution in [1.82, 2.24) is 4.90 Å². The molecule has 2 aromatic rings. The van der Waals surface area contributed by atoms with Crippen LogP contribution in [0.1, 0.15) is 38.3 Å². The van der Waals surface area contributed by atoms with Gasteiger partial charge in [-0.3, -0.25) is 9.59 Å². The third kappa shape index (κ3) is 6.90. The van der Waals surface area contributed by atoms with Gasteiger partial charge >= 0.3 is 12.1 Å². The van der Waals surface area contributed by atoms with Gasteiger partial charge in [0.05, 0.1) is 12.2 Å². The lowest BCUT2D eigenvalue weighted by Crippen LogP contribution is -2.34. The lowest BCUT2D eigenvalue weighted by Gasteiger charge is -2.22. The Morgan fingerprint density at radius 1 is 0.938 bits per heavy atom. The molecule has 32 heavy (non-hydrogen) atoms. The largest absolute Gasteiger partial charge is 0.490 e. The van der Waals surface area contributed by atoms with E-state index in [-0.39, 0.29) is 37.0 Å². The Balaban J connectivity index is 2.09. The Kier molecular flexibility index (Phi) is 8.92. The van der Waals surface area contributed by atoms with Crippen LogP contribution in [-0.4, -0.2) is 36.5 Å². The second-order valence-corrected chi connectivity index (χ2v) is 6.74. The summed E-state index contributed by atoms with van der Waals surface area (Å²) in [7, 11) is 0. The quantitative estimate of drug-likeness (QED) is 0.380. The van der Waals surface area contributed by atoms with Crippen LogP contribution < -0.4 is 14.2 Å². The Hall–Kier alpha value is -3.23. The molecule has 0 bridgehead atoms. The minimum Gasteiger partial charge on any atom is -0.490 e. The first-order valence-electron chi connectivity index (χ1n) is 10.2. The third-order valence-corrected chi connectivity index (χ3v) is 4.49. The molecule has 6 nitrogen and oxygen atoms in total. The second-order valence-electron chi connectivity index (χ2n) is 6.74. The molecule has 0 heterocycles. The van der Waals surface area contributed by atoms with Gasteiger partial charge in [0.15, 0.2) is 18.1 Å². The van der Waals surface area contributed by atoms with Crippen LogP contribution in [0, 0.1) is 0 Å². The van der Waals surface area contributed by atoms with Gasteiger partial charge < -0.3 is 19.1 Å². The van der Waals surface area contributed by atoms with Gasteiger partial charge in [-0.1, -0.05) is 25.1 Å². The van der Waals surface area contributed by atoms with Crippen molar-refractivity contribution < 1.29 is 37.0 Å². The van der Waals surface area contributed by atoms with Crippen LogP contribution in [0.25, 0.3) is 0 Å². The van der Waals surface area contributed by atoms with Gasteiger partial charge in [-0.2, -0.15) is 13.2 Å². The Morgan fingerprint density at radius 3 is 2.09 bits per heavy atom. The van der Waals surface area contributed by atoms with Crippen LogP contribution in [-0.2, 0) is 22.3 Å². The van der Waals surface area contributed by atoms with E-state index in [4.69, 9.17) is 14.2 Å². The summed E-state index contributed by atoms with van der Waals surface area (Å²) in [5.41, 5.74) is -0.189. The number of para-hydroxylation sites is 1. The van der Waals surface area contributed by atoms with E-state index in [9.17, 15) is 22.8 Å². The molecule has 9 heteroatoms. The van der Waals surface area contributed by atoms with Gasteiger partial charge in [-0.15, -0.1) is 0 Å². The summed E-state index contributed by atoms with van der Waals surface area (Å²) < 4.78 is 54.6. The first-order valence-corrected chi connectivity index (χ1v) is 10.2. The highest BCUT2D eigenvalue weighted by molar-refractivity contribution is 5.78. The van der Waals surface area contributed by atoms with Crippen molar-refractivity contribution in [3.05, 3.63) is 53.6 Å². The number of likely N-dealkylation sites (N-methyl/N-ethyl adjacent to an activating group) is 1. The number of nitrogens with zero attached hydrogens (tertiary/aromatic N) is 1. The van der Waals surface area contributed by atoms with Crippen molar-refractivity contribution >= 4 is 11.9 Å². The predicted octanol–water partition coefficient (Wildman–Crippen LogP) is 4.85. The molecule has 0 radical (unpaired) electrons. The van der Waals surface area contributed by atoms with E-state index in [1.807, 2.05) is 0 Å². The molecule has 0 saturated heterocycles. The summed E-state index contributed by atoms with van der Waals surface area (Å²) in [5, 5.41) is 0. The fourth-order valence-corrected chi connectivity index (χ4v) is 2.79. The van der Waals surface area contributed by atoms with E-state index in [0.717, 1.165) is 12.1 Å². The summed E-state index contributed by atoms with van der Waals surface area (Å²) in [5.74, 6) is -0.263. The zero-order chi connectivity index (χ0) is 23.7. The number of esters is 1. The molecule has 0 aromatic heterocycles. The van der Waals surface area contributed by atoms with Crippen LogP contribution >= 0.6 is 0 Å². The Morgan fingerprint density at radius 2 is 1.56 bits per heavy atom. The normalized spacial score (nSPS) is 11.1. The number of rotatable bonds is 10. The van der Waals surface area contributed by atoms with Gasteiger partial charge in [0, 0.05) is 19.5 Å². The smallest absolute Gasteiger partial charge is 0.416 e. The fraction of sp³-hybridized carbons (Fsp3) is 0.391. The molecule has 0 unspecified atom stereocenters. The molecule has 0 atom stereocenters. The van der Waals surface area contributed by atoms with Gasteiger partial charge in [0.2, 0.25) is 5.75 Å². The number of carbonyl (C=O) groups is 2. The molecular formula is C23H26F3NO5. The van der Waals surface area contributed by atoms with Crippen LogP contribution in [0.15, 0.2) is 42.5 Å². The van der Waals surface area contributed by atoms with Gasteiger partial charge in [0.25, 0.3) is 5.91 Å². The van der Waals surface area contributed by atoms with Gasteiger partial charge in [-0.25, -0.2) is 0 Å². The number of carbonyl (C=O) groups excluding carboxylic acids is 2. The maximum atomic E-state index is 12.7. The molecule has 0 aliphatic heterocycles. The minimum absolute atomic E-state index is 0.0970. The molecule has 2 aromatic carbocycles. The first-order chi connectivity index (χ1) is 15.2. The third-order valence-electron chi connectivity index (χ3n) is 4.49. The molecule has 2 rings (SSSR count). The monoisotopic (exact) mass is 453 g/mol. The maximum absolute atomic E-state index is 12.7. The van der Waals surface area contributed by atoms with E-state index in [0.29, 0.717) is 24.5 Å². The topological polar surface area (TPSA) is 65.1 Å². The van der Waals surface area contributed by atoms with Crippen LogP contribution in [0.5, 0.6) is 17.2 Å². The first kappa shape index (κ1) is 25.0. The van der Waals surface area contributed by atoms with E-state index in [1.54, 1.807) is 39.0 Å². The summed E-state index contributed by atoms with van der Waals surface area (Å²) >= 11 is 0. The molecule has 0 fully saturated rings. The number of benzene rings is 2. The zero-order valence-corrected chi connectivity index (χ0v) is 18.2. The summed E-state index contributed by atoms with van der Waals surface area (Å²) in [4.78, 5) is 25.9. The maximum Gasteiger partial charge on any atom is 0.416 e. The standard InChI is InChI=1S/C23H26F3NO5/c1-4-21(29)32-22-18(30-6-3)8-7-9-19(22)31-15-20(28)27(5-2)14-16-10-12-17(13-11-16)23(24,25)26/h7-13H,4-6,14-15H2,1-3H3.